The van der Waals surface area contributed by atoms with Crippen LogP contribution in [0.15, 0.2) is 30.3 Å². The van der Waals surface area contributed by atoms with E-state index in [1.807, 2.05) is 45.9 Å². The highest BCUT2D eigenvalue weighted by Gasteiger charge is 2.28. The molecule has 0 saturated carbocycles. The van der Waals surface area contributed by atoms with Gasteiger partial charge in [0.15, 0.2) is 11.5 Å². The predicted molar refractivity (Wildman–Crippen MR) is 126 cm³/mol. The standard InChI is InChI=1S/C25H34N2O6/c1-16-9-10-17(2)19(13-16)33-12-8-11-25(3,4)24(29)27-26-23(28)18-14-20(30-5)22(32-7)21(15-18)31-6/h9-10,13-15H,8,11-12H2,1-7H3,(H,26,28)(H,27,29). The Labute approximate surface area is 195 Å². The number of nitrogens with one attached hydrogen (secondary N) is 2. The number of carbonyl (C=O) groups is 2. The Hall–Kier alpha value is -3.42. The SMILES string of the molecule is COc1cc(C(=O)NNC(=O)C(C)(C)CCCOc2cc(C)ccc2C)cc(OC)c1OC. The fourth-order valence-corrected chi connectivity index (χ4v) is 3.24. The predicted octanol–water partition coefficient (Wildman–Crippen LogP) is 3.98. The van der Waals surface area contributed by atoms with E-state index in [9.17, 15) is 9.59 Å². The van der Waals surface area contributed by atoms with Crippen molar-refractivity contribution in [3.63, 3.8) is 0 Å². The van der Waals surface area contributed by atoms with E-state index in [2.05, 4.69) is 10.9 Å². The molecule has 2 aromatic rings. The minimum absolute atomic E-state index is 0.254. The van der Waals surface area contributed by atoms with E-state index in [-0.39, 0.29) is 11.5 Å². The normalized spacial score (nSPS) is 10.9. The summed E-state index contributed by atoms with van der Waals surface area (Å²) in [7, 11) is 4.41. The summed E-state index contributed by atoms with van der Waals surface area (Å²) in [5.41, 5.74) is 6.73. The smallest absolute Gasteiger partial charge is 0.269 e. The fraction of sp³-hybridized carbons (Fsp3) is 0.440. The number of hydrogen-bond donors (Lipinski definition) is 2. The summed E-state index contributed by atoms with van der Waals surface area (Å²) in [6.07, 6.45) is 1.28. The molecule has 8 nitrogen and oxygen atoms in total. The zero-order valence-corrected chi connectivity index (χ0v) is 20.5. The van der Waals surface area contributed by atoms with Gasteiger partial charge in [0.1, 0.15) is 5.75 Å². The van der Waals surface area contributed by atoms with Crippen molar-refractivity contribution < 1.29 is 28.5 Å². The topological polar surface area (TPSA) is 95.1 Å². The Balaban J connectivity index is 1.90. The first-order valence-corrected chi connectivity index (χ1v) is 10.7. The van der Waals surface area contributed by atoms with Gasteiger partial charge in [-0.1, -0.05) is 26.0 Å². The number of rotatable bonds is 10. The van der Waals surface area contributed by atoms with Crippen molar-refractivity contribution >= 4 is 11.8 Å². The van der Waals surface area contributed by atoms with Crippen LogP contribution in [0.2, 0.25) is 0 Å². The molecule has 2 amide bonds. The molecule has 0 saturated heterocycles. The maximum atomic E-state index is 12.7. The lowest BCUT2D eigenvalue weighted by atomic mass is 9.87. The molecule has 180 valence electrons. The van der Waals surface area contributed by atoms with Crippen LogP contribution in [-0.4, -0.2) is 39.8 Å². The number of benzene rings is 2. The van der Waals surface area contributed by atoms with Gasteiger partial charge in [-0.05, 0) is 56.0 Å². The summed E-state index contributed by atoms with van der Waals surface area (Å²) in [6, 6.07) is 9.10. The third-order valence-corrected chi connectivity index (χ3v) is 5.38. The molecule has 2 aromatic carbocycles. The lowest BCUT2D eigenvalue weighted by Crippen LogP contribution is -2.47. The van der Waals surface area contributed by atoms with Gasteiger partial charge in [0, 0.05) is 11.0 Å². The molecule has 0 heterocycles. The summed E-state index contributed by atoms with van der Waals surface area (Å²) in [6.45, 7) is 8.17. The fourth-order valence-electron chi connectivity index (χ4n) is 3.24. The van der Waals surface area contributed by atoms with Gasteiger partial charge < -0.3 is 18.9 Å². The van der Waals surface area contributed by atoms with Crippen LogP contribution < -0.4 is 29.8 Å². The quantitative estimate of drug-likeness (QED) is 0.413. The van der Waals surface area contributed by atoms with Gasteiger partial charge in [-0.2, -0.15) is 0 Å². The third-order valence-electron chi connectivity index (χ3n) is 5.38. The van der Waals surface area contributed by atoms with Crippen molar-refractivity contribution in [2.45, 2.75) is 40.5 Å². The molecule has 33 heavy (non-hydrogen) atoms. The zero-order chi connectivity index (χ0) is 24.6. The summed E-state index contributed by atoms with van der Waals surface area (Å²) in [4.78, 5) is 25.3. The Morgan fingerprint density at radius 3 is 2.09 bits per heavy atom. The summed E-state index contributed by atoms with van der Waals surface area (Å²) >= 11 is 0. The van der Waals surface area contributed by atoms with Gasteiger partial charge in [-0.25, -0.2) is 0 Å². The molecule has 0 aliphatic heterocycles. The lowest BCUT2D eigenvalue weighted by Gasteiger charge is -2.24. The minimum atomic E-state index is -0.701. The average molecular weight is 459 g/mol. The van der Waals surface area contributed by atoms with Gasteiger partial charge >= 0.3 is 0 Å². The van der Waals surface area contributed by atoms with Crippen molar-refractivity contribution in [3.8, 4) is 23.0 Å². The monoisotopic (exact) mass is 458 g/mol. The Morgan fingerprint density at radius 2 is 1.52 bits per heavy atom. The van der Waals surface area contributed by atoms with Gasteiger partial charge in [-0.15, -0.1) is 0 Å². The highest BCUT2D eigenvalue weighted by atomic mass is 16.5. The largest absolute Gasteiger partial charge is 0.493 e. The second-order valence-corrected chi connectivity index (χ2v) is 8.43. The Bertz CT molecular complexity index is 962. The average Bonchev–Trinajstić information content (AvgIpc) is 2.80. The second-order valence-electron chi connectivity index (χ2n) is 8.43. The van der Waals surface area contributed by atoms with Gasteiger partial charge in [0.25, 0.3) is 5.91 Å². The Kier molecular flexibility index (Phi) is 8.96. The van der Waals surface area contributed by atoms with Gasteiger partial charge in [0.05, 0.1) is 27.9 Å². The first-order chi connectivity index (χ1) is 15.6. The molecule has 0 aromatic heterocycles. The molecule has 0 aliphatic carbocycles. The molecular weight excluding hydrogens is 424 g/mol. The number of methoxy groups -OCH3 is 3. The van der Waals surface area contributed by atoms with Crippen LogP contribution in [-0.2, 0) is 4.79 Å². The van der Waals surface area contributed by atoms with Crippen molar-refractivity contribution in [1.82, 2.24) is 10.9 Å². The van der Waals surface area contributed by atoms with Crippen molar-refractivity contribution in [2.75, 3.05) is 27.9 Å². The molecule has 0 bridgehead atoms. The number of hydrogen-bond acceptors (Lipinski definition) is 6. The highest BCUT2D eigenvalue weighted by Crippen LogP contribution is 2.38. The van der Waals surface area contributed by atoms with Crippen LogP contribution >= 0.6 is 0 Å². The molecule has 8 heteroatoms. The number of ether oxygens (including phenoxy) is 4. The first kappa shape index (κ1) is 25.8. The highest BCUT2D eigenvalue weighted by molar-refractivity contribution is 5.97. The van der Waals surface area contributed by atoms with Crippen molar-refractivity contribution in [2.24, 2.45) is 5.41 Å². The van der Waals surface area contributed by atoms with Crippen molar-refractivity contribution in [1.29, 1.82) is 0 Å². The van der Waals surface area contributed by atoms with E-state index in [1.165, 1.54) is 33.5 Å². The van der Waals surface area contributed by atoms with Crippen molar-refractivity contribution in [3.05, 3.63) is 47.0 Å². The van der Waals surface area contributed by atoms with E-state index < -0.39 is 11.3 Å². The summed E-state index contributed by atoms with van der Waals surface area (Å²) < 4.78 is 21.7. The zero-order valence-electron chi connectivity index (χ0n) is 20.5. The molecule has 0 atom stereocenters. The first-order valence-electron chi connectivity index (χ1n) is 10.7. The summed E-state index contributed by atoms with van der Waals surface area (Å²) in [5, 5.41) is 0. The Morgan fingerprint density at radius 1 is 0.879 bits per heavy atom. The molecule has 0 spiro atoms. The number of amides is 2. The van der Waals surface area contributed by atoms with E-state index in [1.54, 1.807) is 0 Å². The van der Waals surface area contributed by atoms with Crippen LogP contribution in [0.25, 0.3) is 0 Å². The third kappa shape index (κ3) is 6.78. The molecule has 2 rings (SSSR count). The van der Waals surface area contributed by atoms with Gasteiger partial charge in [0.2, 0.25) is 11.7 Å². The molecule has 0 unspecified atom stereocenters. The maximum absolute atomic E-state index is 12.7. The lowest BCUT2D eigenvalue weighted by molar-refractivity contribution is -0.130. The van der Waals surface area contributed by atoms with Crippen LogP contribution in [0.5, 0.6) is 23.0 Å². The number of aryl methyl sites for hydroxylation is 2. The van der Waals surface area contributed by atoms with E-state index in [0.29, 0.717) is 36.7 Å². The number of carbonyl (C=O) groups excluding carboxylic acids is 2. The van der Waals surface area contributed by atoms with Crippen LogP contribution in [0.4, 0.5) is 0 Å². The van der Waals surface area contributed by atoms with E-state index in [4.69, 9.17) is 18.9 Å². The second kappa shape index (κ2) is 11.4. The maximum Gasteiger partial charge on any atom is 0.269 e. The van der Waals surface area contributed by atoms with Crippen LogP contribution in [0.3, 0.4) is 0 Å². The molecule has 0 radical (unpaired) electrons. The molecular formula is C25H34N2O6. The molecule has 0 aliphatic rings. The number of hydrazine groups is 1. The minimum Gasteiger partial charge on any atom is -0.493 e. The molecule has 2 N–H and O–H groups in total. The van der Waals surface area contributed by atoms with E-state index >= 15 is 0 Å². The van der Waals surface area contributed by atoms with Crippen LogP contribution in [0.1, 0.15) is 48.2 Å². The summed E-state index contributed by atoms with van der Waals surface area (Å²) in [5.74, 6) is 1.13. The van der Waals surface area contributed by atoms with Crippen LogP contribution in [0, 0.1) is 19.3 Å². The van der Waals surface area contributed by atoms with E-state index in [0.717, 1.165) is 16.9 Å². The molecule has 0 fully saturated rings. The van der Waals surface area contributed by atoms with Gasteiger partial charge in [-0.3, -0.25) is 20.4 Å².